The highest BCUT2D eigenvalue weighted by molar-refractivity contribution is 5.89. The number of fused-ring (bicyclic) bond motifs is 1. The Morgan fingerprint density at radius 1 is 1.44 bits per heavy atom. The molecule has 94 valence electrons. The van der Waals surface area contributed by atoms with E-state index in [0.717, 1.165) is 0 Å². The van der Waals surface area contributed by atoms with Gasteiger partial charge >= 0.3 is 5.69 Å². The fourth-order valence-electron chi connectivity index (χ4n) is 1.66. The zero-order valence-corrected chi connectivity index (χ0v) is 10.4. The van der Waals surface area contributed by atoms with E-state index in [1.165, 1.54) is 4.68 Å². The van der Waals surface area contributed by atoms with Gasteiger partial charge in [0.2, 0.25) is 0 Å². The molecular formula is C11H13N5O2. The van der Waals surface area contributed by atoms with Gasteiger partial charge in [-0.15, -0.1) is 5.10 Å². The molecule has 0 amide bonds. The van der Waals surface area contributed by atoms with Crippen LogP contribution >= 0.6 is 0 Å². The third-order valence-electron chi connectivity index (χ3n) is 2.52. The van der Waals surface area contributed by atoms with Gasteiger partial charge in [0.1, 0.15) is 0 Å². The predicted octanol–water partition coefficient (Wildman–Crippen LogP) is 1.41. The summed E-state index contributed by atoms with van der Waals surface area (Å²) < 4.78 is 1.52. The van der Waals surface area contributed by atoms with Crippen LogP contribution in [0.15, 0.2) is 18.3 Å². The number of nitro benzene ring substituents is 1. The molecule has 0 unspecified atom stereocenters. The van der Waals surface area contributed by atoms with Crippen LogP contribution in [-0.4, -0.2) is 38.9 Å². The largest absolute Gasteiger partial charge is 0.383 e. The molecule has 7 heteroatoms. The fraction of sp³-hybridized carbons (Fsp3) is 0.273. The minimum Gasteiger partial charge on any atom is -0.383 e. The second kappa shape index (κ2) is 4.44. The van der Waals surface area contributed by atoms with Crippen molar-refractivity contribution < 1.29 is 4.92 Å². The molecule has 18 heavy (non-hydrogen) atoms. The molecule has 0 atom stereocenters. The second-order valence-corrected chi connectivity index (χ2v) is 4.12. The summed E-state index contributed by atoms with van der Waals surface area (Å²) in [4.78, 5) is 12.6. The Morgan fingerprint density at radius 2 is 2.17 bits per heavy atom. The molecule has 0 aliphatic heterocycles. The zero-order valence-electron chi connectivity index (χ0n) is 10.4. The zero-order chi connectivity index (χ0) is 13.3. The average molecular weight is 247 g/mol. The Labute approximate surface area is 103 Å². The Kier molecular flexibility index (Phi) is 2.97. The monoisotopic (exact) mass is 247 g/mol. The molecule has 0 saturated carbocycles. The van der Waals surface area contributed by atoms with Crippen LogP contribution in [0.25, 0.3) is 17.1 Å². The van der Waals surface area contributed by atoms with E-state index in [9.17, 15) is 10.1 Å². The lowest BCUT2D eigenvalue weighted by Gasteiger charge is -2.04. The number of aryl methyl sites for hydroxylation is 1. The lowest BCUT2D eigenvalue weighted by atomic mass is 10.1. The summed E-state index contributed by atoms with van der Waals surface area (Å²) in [5.41, 5.74) is 1.45. The first kappa shape index (κ1) is 12.0. The van der Waals surface area contributed by atoms with Crippen LogP contribution < -0.4 is 0 Å². The highest BCUT2D eigenvalue weighted by atomic mass is 16.6. The van der Waals surface area contributed by atoms with E-state index in [-0.39, 0.29) is 5.69 Å². The molecule has 7 nitrogen and oxygen atoms in total. The van der Waals surface area contributed by atoms with Gasteiger partial charge in [-0.1, -0.05) is 5.21 Å². The van der Waals surface area contributed by atoms with Crippen LogP contribution in [0.4, 0.5) is 5.69 Å². The Morgan fingerprint density at radius 3 is 2.78 bits per heavy atom. The summed E-state index contributed by atoms with van der Waals surface area (Å²) in [7, 11) is 5.40. The van der Waals surface area contributed by atoms with Crippen LogP contribution in [-0.2, 0) is 7.05 Å². The lowest BCUT2D eigenvalue weighted by Crippen LogP contribution is -2.00. The van der Waals surface area contributed by atoms with Crippen molar-refractivity contribution in [3.63, 3.8) is 0 Å². The van der Waals surface area contributed by atoms with Crippen LogP contribution in [0.1, 0.15) is 5.56 Å². The summed E-state index contributed by atoms with van der Waals surface area (Å²) in [5, 5.41) is 18.8. The average Bonchev–Trinajstić information content (AvgIpc) is 2.67. The number of benzene rings is 1. The molecule has 1 heterocycles. The fourth-order valence-corrected chi connectivity index (χ4v) is 1.66. The van der Waals surface area contributed by atoms with E-state index in [2.05, 4.69) is 10.3 Å². The summed E-state index contributed by atoms with van der Waals surface area (Å²) in [6, 6.07) is 3.47. The van der Waals surface area contributed by atoms with Crippen molar-refractivity contribution in [3.8, 4) is 0 Å². The molecule has 2 aromatic rings. The SMILES string of the molecule is CN(C)/C=C/c1ccc2c(nnn2C)c1[N+](=O)[O-]. The molecule has 0 aliphatic rings. The van der Waals surface area contributed by atoms with E-state index in [1.54, 1.807) is 31.5 Å². The molecule has 2 rings (SSSR count). The second-order valence-electron chi connectivity index (χ2n) is 4.12. The van der Waals surface area contributed by atoms with E-state index in [0.29, 0.717) is 16.6 Å². The van der Waals surface area contributed by atoms with Gasteiger partial charge in [0.15, 0.2) is 5.52 Å². The number of rotatable bonds is 3. The summed E-state index contributed by atoms with van der Waals surface area (Å²) >= 11 is 0. The van der Waals surface area contributed by atoms with Crippen LogP contribution in [0.2, 0.25) is 0 Å². The molecule has 1 aromatic heterocycles. The van der Waals surface area contributed by atoms with Crippen molar-refractivity contribution in [3.05, 3.63) is 34.0 Å². The van der Waals surface area contributed by atoms with Crippen LogP contribution in [0.3, 0.4) is 0 Å². The van der Waals surface area contributed by atoms with Gasteiger partial charge in [0, 0.05) is 21.1 Å². The van der Waals surface area contributed by atoms with Crippen molar-refractivity contribution in [1.82, 2.24) is 19.9 Å². The molecule has 0 fully saturated rings. The first-order valence-corrected chi connectivity index (χ1v) is 5.32. The summed E-state index contributed by atoms with van der Waals surface area (Å²) in [6.45, 7) is 0. The van der Waals surface area contributed by atoms with Gasteiger partial charge in [0.05, 0.1) is 16.0 Å². The van der Waals surface area contributed by atoms with Gasteiger partial charge in [0.25, 0.3) is 0 Å². The van der Waals surface area contributed by atoms with Crippen molar-refractivity contribution >= 4 is 22.8 Å². The number of nitrogens with zero attached hydrogens (tertiary/aromatic N) is 5. The van der Waals surface area contributed by atoms with Gasteiger partial charge in [-0.25, -0.2) is 4.68 Å². The van der Waals surface area contributed by atoms with Crippen molar-refractivity contribution in [1.29, 1.82) is 0 Å². The molecule has 0 radical (unpaired) electrons. The molecule has 0 bridgehead atoms. The third kappa shape index (κ3) is 2.02. The maximum Gasteiger partial charge on any atom is 0.306 e. The number of hydrogen-bond donors (Lipinski definition) is 0. The maximum absolute atomic E-state index is 11.2. The number of nitro groups is 1. The van der Waals surface area contributed by atoms with E-state index >= 15 is 0 Å². The molecule has 0 spiro atoms. The molecular weight excluding hydrogens is 234 g/mol. The smallest absolute Gasteiger partial charge is 0.306 e. The lowest BCUT2D eigenvalue weighted by molar-refractivity contribution is -0.383. The topological polar surface area (TPSA) is 77.1 Å². The van der Waals surface area contributed by atoms with Crippen LogP contribution in [0.5, 0.6) is 0 Å². The quantitative estimate of drug-likeness (QED) is 0.605. The number of hydrogen-bond acceptors (Lipinski definition) is 5. The summed E-state index contributed by atoms with van der Waals surface area (Å²) in [6.07, 6.45) is 3.44. The van der Waals surface area contributed by atoms with E-state index in [4.69, 9.17) is 0 Å². The van der Waals surface area contributed by atoms with Gasteiger partial charge in [-0.3, -0.25) is 10.1 Å². The first-order valence-electron chi connectivity index (χ1n) is 5.32. The van der Waals surface area contributed by atoms with Gasteiger partial charge in [-0.05, 0) is 24.4 Å². The standard InChI is InChI=1S/C11H13N5O2/c1-14(2)7-6-8-4-5-9-10(11(8)16(17)18)12-13-15(9)3/h4-7H,1-3H3/b7-6+. The molecule has 0 N–H and O–H groups in total. The first-order chi connectivity index (χ1) is 8.50. The minimum atomic E-state index is -0.424. The van der Waals surface area contributed by atoms with Crippen molar-refractivity contribution in [2.24, 2.45) is 7.05 Å². The minimum absolute atomic E-state index is 0.0151. The maximum atomic E-state index is 11.2. The molecule has 0 saturated heterocycles. The normalized spacial score (nSPS) is 11.3. The summed E-state index contributed by atoms with van der Waals surface area (Å²) in [5.74, 6) is 0. The highest BCUT2D eigenvalue weighted by Crippen LogP contribution is 2.28. The Hall–Kier alpha value is -2.44. The van der Waals surface area contributed by atoms with E-state index in [1.807, 2.05) is 19.0 Å². The predicted molar refractivity (Wildman–Crippen MR) is 67.9 cm³/mol. The molecule has 1 aromatic carbocycles. The third-order valence-corrected chi connectivity index (χ3v) is 2.52. The van der Waals surface area contributed by atoms with Crippen LogP contribution in [0, 0.1) is 10.1 Å². The Bertz CT molecular complexity index is 630. The highest BCUT2D eigenvalue weighted by Gasteiger charge is 2.20. The Balaban J connectivity index is 2.67. The molecule has 0 aliphatic carbocycles. The van der Waals surface area contributed by atoms with Gasteiger partial charge in [-0.2, -0.15) is 0 Å². The number of aromatic nitrogens is 3. The van der Waals surface area contributed by atoms with Crippen molar-refractivity contribution in [2.45, 2.75) is 0 Å². The van der Waals surface area contributed by atoms with Gasteiger partial charge < -0.3 is 4.90 Å². The van der Waals surface area contributed by atoms with Crippen molar-refractivity contribution in [2.75, 3.05) is 14.1 Å². The van der Waals surface area contributed by atoms with E-state index < -0.39 is 4.92 Å².